The summed E-state index contributed by atoms with van der Waals surface area (Å²) in [5.41, 5.74) is 5.23. The lowest BCUT2D eigenvalue weighted by atomic mass is 10.6. The number of nitrogens with zero attached hydrogens (tertiary/aromatic N) is 1. The molecule has 0 aliphatic carbocycles. The zero-order valence-electron chi connectivity index (χ0n) is 4.00. The highest BCUT2D eigenvalue weighted by Crippen LogP contribution is 2.09. The van der Waals surface area contributed by atoms with Crippen LogP contribution < -0.4 is 5.73 Å². The molecule has 4 nitrogen and oxygen atoms in total. The van der Waals surface area contributed by atoms with E-state index in [4.69, 9.17) is 5.73 Å². The third-order valence-electron chi connectivity index (χ3n) is 0.873. The van der Waals surface area contributed by atoms with Gasteiger partial charge in [0.1, 0.15) is 0 Å². The van der Waals surface area contributed by atoms with Crippen molar-refractivity contribution in [2.75, 3.05) is 6.73 Å². The van der Waals surface area contributed by atoms with E-state index in [1.165, 1.54) is 3.93 Å². The van der Waals surface area contributed by atoms with Gasteiger partial charge in [-0.1, -0.05) is 0 Å². The Bertz CT molecular complexity index is 118. The van der Waals surface area contributed by atoms with Crippen LogP contribution in [0.25, 0.3) is 0 Å². The summed E-state index contributed by atoms with van der Waals surface area (Å²) in [6.45, 7) is 0.236. The van der Waals surface area contributed by atoms with Crippen molar-refractivity contribution in [3.05, 3.63) is 0 Å². The van der Waals surface area contributed by atoms with E-state index in [0.717, 1.165) is 0 Å². The molecule has 5 heteroatoms. The molecule has 1 rings (SSSR count). The summed E-state index contributed by atoms with van der Waals surface area (Å²) < 4.78 is 5.93. The van der Waals surface area contributed by atoms with Crippen molar-refractivity contribution in [1.29, 1.82) is 0 Å². The molecule has 0 aromatic heterocycles. The van der Waals surface area contributed by atoms with Crippen LogP contribution in [0.2, 0.25) is 0 Å². The number of cyclic esters (lactones) is 1. The third-order valence-corrected chi connectivity index (χ3v) is 1.52. The normalized spacial score (nSPS) is 30.8. The lowest BCUT2D eigenvalue weighted by Gasteiger charge is -2.02. The highest BCUT2D eigenvalue weighted by Gasteiger charge is 2.28. The van der Waals surface area contributed by atoms with E-state index in [0.29, 0.717) is 0 Å². The summed E-state index contributed by atoms with van der Waals surface area (Å²) in [7, 11) is 0. The van der Waals surface area contributed by atoms with Gasteiger partial charge in [-0.2, -0.15) is 3.93 Å². The maximum Gasteiger partial charge on any atom is 0.340 e. The number of esters is 1. The van der Waals surface area contributed by atoms with Gasteiger partial charge in [0.15, 0.2) is 12.9 Å². The van der Waals surface area contributed by atoms with Crippen LogP contribution in [-0.4, -0.2) is 22.8 Å². The molecule has 0 bridgehead atoms. The van der Waals surface area contributed by atoms with Gasteiger partial charge >= 0.3 is 5.97 Å². The van der Waals surface area contributed by atoms with Gasteiger partial charge in [0.05, 0.1) is 0 Å². The number of nitrogens with two attached hydrogens (primary N) is 1. The van der Waals surface area contributed by atoms with Crippen LogP contribution in [0.15, 0.2) is 0 Å². The van der Waals surface area contributed by atoms with Crippen LogP contribution in [0.5, 0.6) is 0 Å². The predicted molar refractivity (Wildman–Crippen MR) is 29.7 cm³/mol. The highest BCUT2D eigenvalue weighted by molar-refractivity contribution is 9.07. The molecule has 8 heavy (non-hydrogen) atoms. The van der Waals surface area contributed by atoms with Crippen molar-refractivity contribution >= 4 is 22.1 Å². The Kier molecular flexibility index (Phi) is 1.50. The summed E-state index contributed by atoms with van der Waals surface area (Å²) in [4.78, 5) is 10.4. The average molecular weight is 181 g/mol. The van der Waals surface area contributed by atoms with Gasteiger partial charge in [0, 0.05) is 16.1 Å². The molecule has 1 aliphatic rings. The Hall–Kier alpha value is -0.130. The van der Waals surface area contributed by atoms with E-state index >= 15 is 0 Å². The topological polar surface area (TPSA) is 55.6 Å². The molecule has 46 valence electrons. The van der Waals surface area contributed by atoms with Crippen LogP contribution in [0.1, 0.15) is 0 Å². The molecule has 1 unspecified atom stereocenters. The minimum Gasteiger partial charge on any atom is -0.446 e. The first-order valence-corrected chi connectivity index (χ1v) is 2.77. The molecule has 1 heterocycles. The maximum absolute atomic E-state index is 10.4. The van der Waals surface area contributed by atoms with Crippen LogP contribution in [0, 0.1) is 0 Å². The molecule has 0 aromatic carbocycles. The van der Waals surface area contributed by atoms with E-state index < -0.39 is 6.17 Å². The van der Waals surface area contributed by atoms with Crippen molar-refractivity contribution in [2.24, 2.45) is 5.73 Å². The van der Waals surface area contributed by atoms with E-state index in [1.807, 2.05) is 0 Å². The number of halogens is 1. The number of carbonyl (C=O) groups excluding carboxylic acids is 1. The van der Waals surface area contributed by atoms with E-state index in [2.05, 4.69) is 20.9 Å². The molecule has 2 N–H and O–H groups in total. The molecule has 0 spiro atoms. The predicted octanol–water partition coefficient (Wildman–Crippen LogP) is -0.603. The molecule has 0 saturated carbocycles. The summed E-state index contributed by atoms with van der Waals surface area (Å²) in [5.74, 6) is -0.387. The maximum atomic E-state index is 10.4. The SMILES string of the molecule is NC1C(=O)OCN1Br. The lowest BCUT2D eigenvalue weighted by Crippen LogP contribution is -2.34. The van der Waals surface area contributed by atoms with E-state index in [9.17, 15) is 4.79 Å². The standard InChI is InChI=1S/C3H5BrN2O2/c4-6-1-8-3(7)2(6)5/h2H,1,5H2. The van der Waals surface area contributed by atoms with Gasteiger partial charge in [-0.25, -0.2) is 4.79 Å². The Balaban J connectivity index is 2.56. The van der Waals surface area contributed by atoms with Crippen LogP contribution in [-0.2, 0) is 9.53 Å². The Labute approximate surface area is 54.9 Å². The molecule has 1 aliphatic heterocycles. The summed E-state index contributed by atoms with van der Waals surface area (Å²) in [5, 5.41) is 0. The van der Waals surface area contributed by atoms with Crippen LogP contribution in [0.4, 0.5) is 0 Å². The second-order valence-corrected chi connectivity index (χ2v) is 2.35. The van der Waals surface area contributed by atoms with E-state index in [1.54, 1.807) is 0 Å². The first-order valence-electron chi connectivity index (χ1n) is 2.06. The Morgan fingerprint density at radius 1 is 2.00 bits per heavy atom. The van der Waals surface area contributed by atoms with E-state index in [-0.39, 0.29) is 12.7 Å². The summed E-state index contributed by atoms with van der Waals surface area (Å²) in [6.07, 6.45) is -0.630. The average Bonchev–Trinajstić information content (AvgIpc) is 1.98. The Morgan fingerprint density at radius 3 is 2.75 bits per heavy atom. The zero-order chi connectivity index (χ0) is 6.15. The van der Waals surface area contributed by atoms with Crippen molar-refractivity contribution in [2.45, 2.75) is 6.17 Å². The van der Waals surface area contributed by atoms with Gasteiger partial charge in [0.2, 0.25) is 0 Å². The van der Waals surface area contributed by atoms with Gasteiger partial charge in [-0.3, -0.25) is 0 Å². The number of hydrogen-bond acceptors (Lipinski definition) is 4. The van der Waals surface area contributed by atoms with Gasteiger partial charge in [-0.15, -0.1) is 0 Å². The minimum absolute atomic E-state index is 0.236. The summed E-state index contributed by atoms with van der Waals surface area (Å²) >= 11 is 3.01. The molecular formula is C3H5BrN2O2. The van der Waals surface area contributed by atoms with Gasteiger partial charge < -0.3 is 10.5 Å². The quantitative estimate of drug-likeness (QED) is 0.400. The summed E-state index contributed by atoms with van der Waals surface area (Å²) in [6, 6.07) is 0. The van der Waals surface area contributed by atoms with Crippen LogP contribution in [0.3, 0.4) is 0 Å². The molecule has 0 aromatic rings. The number of hydrogen-bond donors (Lipinski definition) is 1. The fraction of sp³-hybridized carbons (Fsp3) is 0.667. The van der Waals surface area contributed by atoms with Gasteiger partial charge in [0.25, 0.3) is 0 Å². The van der Waals surface area contributed by atoms with Crippen molar-refractivity contribution in [1.82, 2.24) is 3.93 Å². The lowest BCUT2D eigenvalue weighted by molar-refractivity contribution is -0.139. The highest BCUT2D eigenvalue weighted by atomic mass is 79.9. The zero-order valence-corrected chi connectivity index (χ0v) is 5.59. The number of rotatable bonds is 0. The fourth-order valence-electron chi connectivity index (χ4n) is 0.405. The van der Waals surface area contributed by atoms with Gasteiger partial charge in [-0.05, 0) is 0 Å². The molecule has 0 radical (unpaired) electrons. The molecule has 1 saturated heterocycles. The first-order chi connectivity index (χ1) is 3.72. The second-order valence-electron chi connectivity index (χ2n) is 1.44. The monoisotopic (exact) mass is 180 g/mol. The molecule has 1 atom stereocenters. The minimum atomic E-state index is -0.630. The Morgan fingerprint density at radius 2 is 2.62 bits per heavy atom. The van der Waals surface area contributed by atoms with Crippen LogP contribution >= 0.6 is 16.1 Å². The molecule has 0 amide bonds. The number of ether oxygens (including phenoxy) is 1. The molecular weight excluding hydrogens is 176 g/mol. The van der Waals surface area contributed by atoms with Crippen molar-refractivity contribution < 1.29 is 9.53 Å². The first kappa shape index (κ1) is 6.00. The fourth-order valence-corrected chi connectivity index (χ4v) is 0.675. The number of carbonyl (C=O) groups is 1. The second kappa shape index (κ2) is 2.00. The third kappa shape index (κ3) is 0.841. The largest absolute Gasteiger partial charge is 0.446 e. The molecule has 1 fully saturated rings. The van der Waals surface area contributed by atoms with Crippen molar-refractivity contribution in [3.63, 3.8) is 0 Å². The smallest absolute Gasteiger partial charge is 0.340 e. The van der Waals surface area contributed by atoms with Crippen molar-refractivity contribution in [3.8, 4) is 0 Å².